The SMILES string of the molecule is Cc1nc(Cl)cc(NCCC2CCCC(C)C2)n1. The van der Waals surface area contributed by atoms with Gasteiger partial charge in [0.2, 0.25) is 0 Å². The summed E-state index contributed by atoms with van der Waals surface area (Å²) in [5.74, 6) is 3.34. The van der Waals surface area contributed by atoms with Crippen molar-refractivity contribution >= 4 is 17.4 Å². The lowest BCUT2D eigenvalue weighted by Gasteiger charge is -2.26. The molecule has 1 aromatic heterocycles. The fourth-order valence-corrected chi connectivity index (χ4v) is 3.07. The molecule has 100 valence electrons. The third-order valence-electron chi connectivity index (χ3n) is 3.71. The summed E-state index contributed by atoms with van der Waals surface area (Å²) in [6.07, 6.45) is 6.79. The van der Waals surface area contributed by atoms with Crippen molar-refractivity contribution in [3.63, 3.8) is 0 Å². The number of nitrogens with one attached hydrogen (secondary N) is 1. The first-order valence-electron chi connectivity index (χ1n) is 6.88. The molecule has 1 aliphatic carbocycles. The van der Waals surface area contributed by atoms with Gasteiger partial charge in [0.15, 0.2) is 0 Å². The summed E-state index contributed by atoms with van der Waals surface area (Å²) >= 11 is 5.91. The summed E-state index contributed by atoms with van der Waals surface area (Å²) < 4.78 is 0. The van der Waals surface area contributed by atoms with Crippen LogP contribution >= 0.6 is 11.6 Å². The maximum Gasteiger partial charge on any atom is 0.134 e. The van der Waals surface area contributed by atoms with Crippen LogP contribution in [0.1, 0.15) is 44.9 Å². The lowest BCUT2D eigenvalue weighted by Crippen LogP contribution is -2.17. The summed E-state index contributed by atoms with van der Waals surface area (Å²) in [6.45, 7) is 5.21. The molecule has 0 saturated heterocycles. The third-order valence-corrected chi connectivity index (χ3v) is 3.90. The van der Waals surface area contributed by atoms with Gasteiger partial charge in [0.05, 0.1) is 0 Å². The second-order valence-corrected chi connectivity index (χ2v) is 5.86. The number of anilines is 1. The van der Waals surface area contributed by atoms with Gasteiger partial charge < -0.3 is 5.32 Å². The van der Waals surface area contributed by atoms with Crippen LogP contribution in [0.15, 0.2) is 6.07 Å². The van der Waals surface area contributed by atoms with E-state index >= 15 is 0 Å². The number of halogens is 1. The molecular formula is C14H22ClN3. The van der Waals surface area contributed by atoms with Crippen LogP contribution in [-0.2, 0) is 0 Å². The Morgan fingerprint density at radius 1 is 1.39 bits per heavy atom. The average molecular weight is 268 g/mol. The Hall–Kier alpha value is -0.830. The zero-order valence-electron chi connectivity index (χ0n) is 11.2. The van der Waals surface area contributed by atoms with Gasteiger partial charge in [-0.2, -0.15) is 0 Å². The number of hydrogen-bond acceptors (Lipinski definition) is 3. The summed E-state index contributed by atoms with van der Waals surface area (Å²) in [6, 6.07) is 1.79. The summed E-state index contributed by atoms with van der Waals surface area (Å²) in [4.78, 5) is 8.38. The highest BCUT2D eigenvalue weighted by molar-refractivity contribution is 6.29. The van der Waals surface area contributed by atoms with E-state index in [1.165, 1.54) is 32.1 Å². The Morgan fingerprint density at radius 2 is 2.22 bits per heavy atom. The molecule has 1 N–H and O–H groups in total. The van der Waals surface area contributed by atoms with Crippen LogP contribution in [0.2, 0.25) is 5.15 Å². The van der Waals surface area contributed by atoms with Crippen molar-refractivity contribution < 1.29 is 0 Å². The van der Waals surface area contributed by atoms with Crippen molar-refractivity contribution in [3.8, 4) is 0 Å². The Balaban J connectivity index is 1.77. The van der Waals surface area contributed by atoms with E-state index in [1.807, 2.05) is 6.92 Å². The molecule has 0 aliphatic heterocycles. The van der Waals surface area contributed by atoms with E-state index in [4.69, 9.17) is 11.6 Å². The van der Waals surface area contributed by atoms with Crippen molar-refractivity contribution in [2.24, 2.45) is 11.8 Å². The molecule has 2 atom stereocenters. The van der Waals surface area contributed by atoms with Crippen molar-refractivity contribution in [1.82, 2.24) is 9.97 Å². The van der Waals surface area contributed by atoms with Gasteiger partial charge in [-0.25, -0.2) is 9.97 Å². The molecule has 0 amide bonds. The Labute approximate surface area is 114 Å². The van der Waals surface area contributed by atoms with Crippen molar-refractivity contribution in [3.05, 3.63) is 17.0 Å². The van der Waals surface area contributed by atoms with E-state index in [-0.39, 0.29) is 0 Å². The van der Waals surface area contributed by atoms with Gasteiger partial charge >= 0.3 is 0 Å². The van der Waals surface area contributed by atoms with Crippen LogP contribution in [0.3, 0.4) is 0 Å². The first-order valence-corrected chi connectivity index (χ1v) is 7.26. The molecule has 0 bridgehead atoms. The van der Waals surface area contributed by atoms with E-state index in [9.17, 15) is 0 Å². The van der Waals surface area contributed by atoms with Crippen molar-refractivity contribution in [2.45, 2.75) is 46.0 Å². The van der Waals surface area contributed by atoms with E-state index in [0.717, 1.165) is 30.0 Å². The summed E-state index contributed by atoms with van der Waals surface area (Å²) in [5.41, 5.74) is 0. The van der Waals surface area contributed by atoms with Crippen LogP contribution in [0.25, 0.3) is 0 Å². The zero-order valence-corrected chi connectivity index (χ0v) is 12.0. The minimum atomic E-state index is 0.510. The number of aromatic nitrogens is 2. The number of hydrogen-bond donors (Lipinski definition) is 1. The van der Waals surface area contributed by atoms with Crippen LogP contribution < -0.4 is 5.32 Å². The molecule has 0 radical (unpaired) electrons. The van der Waals surface area contributed by atoms with Gasteiger partial charge in [-0.05, 0) is 31.6 Å². The maximum absolute atomic E-state index is 5.91. The number of nitrogens with zero attached hydrogens (tertiary/aromatic N) is 2. The molecule has 2 rings (SSSR count). The third kappa shape index (κ3) is 4.13. The molecule has 2 unspecified atom stereocenters. The molecule has 1 aromatic rings. The highest BCUT2D eigenvalue weighted by Gasteiger charge is 2.18. The van der Waals surface area contributed by atoms with Gasteiger partial charge in [-0.1, -0.05) is 37.8 Å². The monoisotopic (exact) mass is 267 g/mol. The van der Waals surface area contributed by atoms with Crippen LogP contribution in [0.4, 0.5) is 5.82 Å². The first kappa shape index (κ1) is 13.6. The summed E-state index contributed by atoms with van der Waals surface area (Å²) in [7, 11) is 0. The highest BCUT2D eigenvalue weighted by Crippen LogP contribution is 2.30. The standard InChI is InChI=1S/C14H22ClN3/c1-10-4-3-5-12(8-10)6-7-16-14-9-13(15)17-11(2)18-14/h9-10,12H,3-8H2,1-2H3,(H,16,17,18). The Kier molecular flexibility index (Phi) is 4.81. The van der Waals surface area contributed by atoms with Gasteiger partial charge in [0.25, 0.3) is 0 Å². The topological polar surface area (TPSA) is 37.8 Å². The molecular weight excluding hydrogens is 246 g/mol. The molecule has 1 saturated carbocycles. The highest BCUT2D eigenvalue weighted by atomic mass is 35.5. The molecule has 1 fully saturated rings. The lowest BCUT2D eigenvalue weighted by molar-refractivity contribution is 0.274. The van der Waals surface area contributed by atoms with Gasteiger partial charge in [0, 0.05) is 12.6 Å². The molecule has 3 nitrogen and oxygen atoms in total. The normalized spacial score (nSPS) is 23.9. The van der Waals surface area contributed by atoms with Gasteiger partial charge in [-0.15, -0.1) is 0 Å². The minimum Gasteiger partial charge on any atom is -0.370 e. The summed E-state index contributed by atoms with van der Waals surface area (Å²) in [5, 5.41) is 3.86. The lowest BCUT2D eigenvalue weighted by atomic mass is 9.81. The van der Waals surface area contributed by atoms with E-state index in [0.29, 0.717) is 5.15 Å². The van der Waals surface area contributed by atoms with Crippen LogP contribution in [0.5, 0.6) is 0 Å². The predicted molar refractivity (Wildman–Crippen MR) is 76.0 cm³/mol. The minimum absolute atomic E-state index is 0.510. The van der Waals surface area contributed by atoms with Crippen molar-refractivity contribution in [1.29, 1.82) is 0 Å². The van der Waals surface area contributed by atoms with Crippen molar-refractivity contribution in [2.75, 3.05) is 11.9 Å². The first-order chi connectivity index (χ1) is 8.63. The largest absolute Gasteiger partial charge is 0.370 e. The molecule has 0 aromatic carbocycles. The second-order valence-electron chi connectivity index (χ2n) is 5.48. The Morgan fingerprint density at radius 3 is 2.94 bits per heavy atom. The molecule has 1 aliphatic rings. The fourth-order valence-electron chi connectivity index (χ4n) is 2.85. The number of aryl methyl sites for hydroxylation is 1. The fraction of sp³-hybridized carbons (Fsp3) is 0.714. The van der Waals surface area contributed by atoms with Crippen LogP contribution in [-0.4, -0.2) is 16.5 Å². The molecule has 4 heteroatoms. The predicted octanol–water partition coefficient (Wildman–Crippen LogP) is 4.07. The Bertz CT molecular complexity index is 374. The second kappa shape index (κ2) is 6.37. The zero-order chi connectivity index (χ0) is 13.0. The number of rotatable bonds is 4. The van der Waals surface area contributed by atoms with E-state index < -0.39 is 0 Å². The molecule has 1 heterocycles. The molecule has 0 spiro atoms. The van der Waals surface area contributed by atoms with E-state index in [1.54, 1.807) is 6.07 Å². The van der Waals surface area contributed by atoms with Crippen LogP contribution in [0, 0.1) is 18.8 Å². The van der Waals surface area contributed by atoms with E-state index in [2.05, 4.69) is 22.2 Å². The van der Waals surface area contributed by atoms with Gasteiger partial charge in [-0.3, -0.25) is 0 Å². The molecule has 18 heavy (non-hydrogen) atoms. The smallest absolute Gasteiger partial charge is 0.134 e. The maximum atomic E-state index is 5.91. The quantitative estimate of drug-likeness (QED) is 0.836. The average Bonchev–Trinajstić information content (AvgIpc) is 2.27. The van der Waals surface area contributed by atoms with Gasteiger partial charge in [0.1, 0.15) is 16.8 Å².